The molecule has 6 heteroatoms. The molecule has 0 spiro atoms. The Kier molecular flexibility index (Phi) is 4.81. The van der Waals surface area contributed by atoms with Crippen LogP contribution in [0.5, 0.6) is 0 Å². The van der Waals surface area contributed by atoms with Crippen LogP contribution >= 0.6 is 11.6 Å². The smallest absolute Gasteiger partial charge is 0.341 e. The van der Waals surface area contributed by atoms with E-state index in [2.05, 4.69) is 0 Å². The molecule has 0 aromatic heterocycles. The maximum atomic E-state index is 13.6. The van der Waals surface area contributed by atoms with Crippen LogP contribution in [-0.4, -0.2) is 25.0 Å². The Labute approximate surface area is 143 Å². The highest BCUT2D eigenvalue weighted by molar-refractivity contribution is 6.30. The van der Waals surface area contributed by atoms with Crippen molar-refractivity contribution in [2.45, 2.75) is 12.8 Å². The Morgan fingerprint density at radius 3 is 2.83 bits per heavy atom. The predicted molar refractivity (Wildman–Crippen MR) is 88.8 cm³/mol. The summed E-state index contributed by atoms with van der Waals surface area (Å²) in [5.74, 6) is -1.98. The number of para-hydroxylation sites is 1. The van der Waals surface area contributed by atoms with Gasteiger partial charge in [0.05, 0.1) is 5.56 Å². The molecule has 0 N–H and O–H groups in total. The lowest BCUT2D eigenvalue weighted by Gasteiger charge is -2.29. The van der Waals surface area contributed by atoms with E-state index in [-0.39, 0.29) is 16.5 Å². The second-order valence-electron chi connectivity index (χ2n) is 5.48. The third-order valence-corrected chi connectivity index (χ3v) is 4.12. The number of hydrogen-bond donors (Lipinski definition) is 0. The Morgan fingerprint density at radius 2 is 2.00 bits per heavy atom. The molecule has 124 valence electrons. The van der Waals surface area contributed by atoms with E-state index < -0.39 is 18.4 Å². The summed E-state index contributed by atoms with van der Waals surface area (Å²) in [6.07, 6.45) is 1.76. The number of benzene rings is 2. The average molecular weight is 348 g/mol. The Bertz CT molecular complexity index is 794. The summed E-state index contributed by atoms with van der Waals surface area (Å²) < 4.78 is 18.6. The fourth-order valence-corrected chi connectivity index (χ4v) is 2.90. The summed E-state index contributed by atoms with van der Waals surface area (Å²) in [6, 6.07) is 11.2. The molecule has 3 rings (SSSR count). The molecule has 1 amide bonds. The van der Waals surface area contributed by atoms with E-state index in [0.717, 1.165) is 30.2 Å². The number of halogens is 2. The summed E-state index contributed by atoms with van der Waals surface area (Å²) in [6.45, 7) is 0.123. The zero-order chi connectivity index (χ0) is 17.1. The van der Waals surface area contributed by atoms with Gasteiger partial charge < -0.3 is 9.64 Å². The SMILES string of the molecule is O=C(OCC(=O)N1CCCc2ccccc21)c1cc(Cl)ccc1F. The van der Waals surface area contributed by atoms with Gasteiger partial charge in [-0.05, 0) is 42.7 Å². The van der Waals surface area contributed by atoms with Gasteiger partial charge in [0.1, 0.15) is 5.82 Å². The van der Waals surface area contributed by atoms with Gasteiger partial charge in [-0.1, -0.05) is 29.8 Å². The zero-order valence-electron chi connectivity index (χ0n) is 12.8. The van der Waals surface area contributed by atoms with Crippen molar-refractivity contribution in [2.75, 3.05) is 18.1 Å². The van der Waals surface area contributed by atoms with Gasteiger partial charge in [-0.25, -0.2) is 9.18 Å². The van der Waals surface area contributed by atoms with E-state index in [0.29, 0.717) is 6.54 Å². The number of anilines is 1. The van der Waals surface area contributed by atoms with E-state index in [4.69, 9.17) is 16.3 Å². The molecule has 1 aliphatic heterocycles. The fraction of sp³-hybridized carbons (Fsp3) is 0.222. The van der Waals surface area contributed by atoms with Crippen LogP contribution in [0.1, 0.15) is 22.3 Å². The number of fused-ring (bicyclic) bond motifs is 1. The first-order chi connectivity index (χ1) is 11.6. The summed E-state index contributed by atoms with van der Waals surface area (Å²) in [5.41, 5.74) is 1.64. The topological polar surface area (TPSA) is 46.6 Å². The van der Waals surface area contributed by atoms with Crippen molar-refractivity contribution in [3.63, 3.8) is 0 Å². The van der Waals surface area contributed by atoms with Crippen molar-refractivity contribution in [3.05, 3.63) is 64.4 Å². The lowest BCUT2D eigenvalue weighted by molar-refractivity contribution is -0.121. The minimum Gasteiger partial charge on any atom is -0.452 e. The minimum atomic E-state index is -0.909. The van der Waals surface area contributed by atoms with E-state index in [9.17, 15) is 14.0 Å². The molecular weight excluding hydrogens is 333 g/mol. The molecule has 1 aliphatic rings. The third-order valence-electron chi connectivity index (χ3n) is 3.89. The number of ether oxygens (including phenoxy) is 1. The molecule has 24 heavy (non-hydrogen) atoms. The highest BCUT2D eigenvalue weighted by Gasteiger charge is 2.23. The minimum absolute atomic E-state index is 0.222. The van der Waals surface area contributed by atoms with Crippen LogP contribution in [0.4, 0.5) is 10.1 Å². The largest absolute Gasteiger partial charge is 0.452 e. The summed E-state index contributed by atoms with van der Waals surface area (Å²) in [7, 11) is 0. The second kappa shape index (κ2) is 7.01. The maximum absolute atomic E-state index is 13.6. The molecule has 0 aliphatic carbocycles. The quantitative estimate of drug-likeness (QED) is 0.797. The molecule has 0 atom stereocenters. The number of carbonyl (C=O) groups excluding carboxylic acids is 2. The van der Waals surface area contributed by atoms with Crippen LogP contribution in [0.2, 0.25) is 5.02 Å². The Balaban J connectivity index is 1.68. The Morgan fingerprint density at radius 1 is 1.21 bits per heavy atom. The number of hydrogen-bond acceptors (Lipinski definition) is 3. The van der Waals surface area contributed by atoms with Crippen molar-refractivity contribution in [1.29, 1.82) is 0 Å². The summed E-state index contributed by atoms with van der Waals surface area (Å²) in [4.78, 5) is 25.9. The van der Waals surface area contributed by atoms with Gasteiger partial charge in [-0.2, -0.15) is 0 Å². The molecular formula is C18H15ClFNO3. The molecule has 1 heterocycles. The van der Waals surface area contributed by atoms with E-state index in [1.54, 1.807) is 4.90 Å². The van der Waals surface area contributed by atoms with Gasteiger partial charge in [0.25, 0.3) is 5.91 Å². The highest BCUT2D eigenvalue weighted by atomic mass is 35.5. The van der Waals surface area contributed by atoms with Crippen molar-refractivity contribution >= 4 is 29.2 Å². The van der Waals surface area contributed by atoms with E-state index in [1.165, 1.54) is 12.1 Å². The third kappa shape index (κ3) is 3.41. The Hall–Kier alpha value is -2.40. The molecule has 0 saturated carbocycles. The van der Waals surface area contributed by atoms with Crippen molar-refractivity contribution in [2.24, 2.45) is 0 Å². The van der Waals surface area contributed by atoms with Crippen LogP contribution < -0.4 is 4.90 Å². The number of rotatable bonds is 3. The molecule has 2 aromatic rings. The van der Waals surface area contributed by atoms with Crippen LogP contribution in [0.25, 0.3) is 0 Å². The van der Waals surface area contributed by atoms with E-state index in [1.807, 2.05) is 24.3 Å². The zero-order valence-corrected chi connectivity index (χ0v) is 13.6. The van der Waals surface area contributed by atoms with Crippen molar-refractivity contribution in [1.82, 2.24) is 0 Å². The summed E-state index contributed by atoms with van der Waals surface area (Å²) >= 11 is 5.75. The maximum Gasteiger partial charge on any atom is 0.341 e. The predicted octanol–water partition coefficient (Wildman–Crippen LogP) is 3.62. The van der Waals surface area contributed by atoms with Gasteiger partial charge in [0, 0.05) is 17.3 Å². The molecule has 0 unspecified atom stereocenters. The van der Waals surface area contributed by atoms with Gasteiger partial charge >= 0.3 is 5.97 Å². The molecule has 0 fully saturated rings. The van der Waals surface area contributed by atoms with Gasteiger partial charge in [0.15, 0.2) is 6.61 Å². The molecule has 4 nitrogen and oxygen atoms in total. The number of esters is 1. The van der Waals surface area contributed by atoms with Crippen molar-refractivity contribution < 1.29 is 18.7 Å². The van der Waals surface area contributed by atoms with Crippen LogP contribution in [0, 0.1) is 5.82 Å². The average Bonchev–Trinajstić information content (AvgIpc) is 2.61. The molecule has 0 saturated heterocycles. The fourth-order valence-electron chi connectivity index (χ4n) is 2.73. The normalized spacial score (nSPS) is 13.3. The van der Waals surface area contributed by atoms with E-state index >= 15 is 0 Å². The second-order valence-corrected chi connectivity index (χ2v) is 5.91. The number of carbonyl (C=O) groups is 2. The first kappa shape index (κ1) is 16.5. The first-order valence-electron chi connectivity index (χ1n) is 7.56. The van der Waals surface area contributed by atoms with Crippen LogP contribution in [0.15, 0.2) is 42.5 Å². The van der Waals surface area contributed by atoms with Gasteiger partial charge in [-0.15, -0.1) is 0 Å². The first-order valence-corrected chi connectivity index (χ1v) is 7.94. The monoisotopic (exact) mass is 347 g/mol. The van der Waals surface area contributed by atoms with Crippen LogP contribution in [0.3, 0.4) is 0 Å². The number of amides is 1. The van der Waals surface area contributed by atoms with Gasteiger partial charge in [0.2, 0.25) is 0 Å². The molecule has 0 bridgehead atoms. The summed E-state index contributed by atoms with van der Waals surface area (Å²) in [5, 5.41) is 0.222. The van der Waals surface area contributed by atoms with Crippen molar-refractivity contribution in [3.8, 4) is 0 Å². The van der Waals surface area contributed by atoms with Crippen LogP contribution in [-0.2, 0) is 16.0 Å². The lowest BCUT2D eigenvalue weighted by atomic mass is 10.0. The standard InChI is InChI=1S/C18H15ClFNO3/c19-13-7-8-15(20)14(10-13)18(23)24-11-17(22)21-9-3-5-12-4-1-2-6-16(12)21/h1-2,4,6-8,10H,3,5,9,11H2. The number of aryl methyl sites for hydroxylation is 1. The number of nitrogens with zero attached hydrogens (tertiary/aromatic N) is 1. The van der Waals surface area contributed by atoms with Gasteiger partial charge in [-0.3, -0.25) is 4.79 Å². The highest BCUT2D eigenvalue weighted by Crippen LogP contribution is 2.26. The lowest BCUT2D eigenvalue weighted by Crippen LogP contribution is -2.38. The molecule has 0 radical (unpaired) electrons. The molecule has 2 aromatic carbocycles.